The van der Waals surface area contributed by atoms with E-state index in [1.165, 1.54) is 13.1 Å². The zero-order valence-corrected chi connectivity index (χ0v) is 5.52. The van der Waals surface area contributed by atoms with Crippen molar-refractivity contribution in [3.63, 3.8) is 0 Å². The molecule has 1 heterocycles. The van der Waals surface area contributed by atoms with Gasteiger partial charge in [0, 0.05) is 13.1 Å². The fourth-order valence-corrected chi connectivity index (χ4v) is 1.24. The minimum atomic E-state index is 0.982. The Hall–Kier alpha value is 0.130. The molecule has 2 heteroatoms. The highest BCUT2D eigenvalue weighted by Crippen LogP contribution is 2.14. The zero-order chi connectivity index (χ0) is 5.11. The number of rotatable bonds is 1. The van der Waals surface area contributed by atoms with Crippen molar-refractivity contribution in [3.8, 4) is 0 Å². The molecule has 40 valence electrons. The lowest BCUT2D eigenvalue weighted by Gasteiger charge is -2.08. The normalized spacial score (nSPS) is 23.0. The molecule has 0 aromatic rings. The van der Waals surface area contributed by atoms with E-state index < -0.39 is 0 Å². The minimum Gasteiger partial charge on any atom is -0.277 e. The molecule has 0 fully saturated rings. The first-order valence-electron chi connectivity index (χ1n) is 2.51. The monoisotopic (exact) mass is 115 g/mol. The van der Waals surface area contributed by atoms with Crippen LogP contribution in [0.3, 0.4) is 0 Å². The van der Waals surface area contributed by atoms with Gasteiger partial charge in [0.25, 0.3) is 0 Å². The van der Waals surface area contributed by atoms with Crippen molar-refractivity contribution in [2.75, 3.05) is 19.8 Å². The van der Waals surface area contributed by atoms with Gasteiger partial charge in [0.2, 0.25) is 0 Å². The van der Waals surface area contributed by atoms with Crippen LogP contribution in [0.1, 0.15) is 0 Å². The predicted octanol–water partition coefficient (Wildman–Crippen LogP) is 1.08. The van der Waals surface area contributed by atoms with Gasteiger partial charge in [0.15, 0.2) is 0 Å². The van der Waals surface area contributed by atoms with Crippen LogP contribution in [0.15, 0.2) is 12.2 Å². The summed E-state index contributed by atoms with van der Waals surface area (Å²) in [5.41, 5.74) is 0. The predicted molar refractivity (Wildman–Crippen MR) is 35.0 cm³/mol. The largest absolute Gasteiger partial charge is 0.277 e. The third-order valence-corrected chi connectivity index (χ3v) is 2.13. The summed E-state index contributed by atoms with van der Waals surface area (Å²) >= 11 is 0. The first kappa shape index (κ1) is 5.27. The highest BCUT2D eigenvalue weighted by atomic mass is 31.1. The Balaban J connectivity index is 2.22. The molecule has 0 saturated carbocycles. The van der Waals surface area contributed by atoms with Crippen LogP contribution in [0.5, 0.6) is 0 Å². The van der Waals surface area contributed by atoms with Gasteiger partial charge in [-0.3, -0.25) is 4.67 Å². The van der Waals surface area contributed by atoms with E-state index in [0.717, 1.165) is 8.73 Å². The molecule has 1 rings (SSSR count). The maximum absolute atomic E-state index is 2.40. The Labute approximate surface area is 46.2 Å². The Kier molecular flexibility index (Phi) is 1.84. The molecule has 0 aliphatic carbocycles. The third-order valence-electron chi connectivity index (χ3n) is 1.13. The molecular formula is C5H10NP. The lowest BCUT2D eigenvalue weighted by Crippen LogP contribution is -2.06. The van der Waals surface area contributed by atoms with Crippen LogP contribution in [-0.4, -0.2) is 24.4 Å². The highest BCUT2D eigenvalue weighted by Gasteiger charge is 1.99. The van der Waals surface area contributed by atoms with Crippen molar-refractivity contribution >= 4 is 8.73 Å². The molecule has 1 atom stereocenters. The highest BCUT2D eigenvalue weighted by molar-refractivity contribution is 7.34. The van der Waals surface area contributed by atoms with Gasteiger partial charge in [-0.2, -0.15) is 0 Å². The molecule has 0 aromatic heterocycles. The first-order valence-corrected chi connectivity index (χ1v) is 3.95. The molecule has 0 bridgehead atoms. The summed E-state index contributed by atoms with van der Waals surface area (Å²) in [7, 11) is 0.982. The van der Waals surface area contributed by atoms with Gasteiger partial charge in [-0.05, 0) is 6.66 Å². The molecule has 1 unspecified atom stereocenters. The van der Waals surface area contributed by atoms with Crippen molar-refractivity contribution < 1.29 is 0 Å². The van der Waals surface area contributed by atoms with Crippen molar-refractivity contribution in [1.29, 1.82) is 0 Å². The first-order chi connectivity index (χ1) is 3.43. The van der Waals surface area contributed by atoms with E-state index in [-0.39, 0.29) is 0 Å². The maximum Gasteiger partial charge on any atom is 0.0203 e. The average Bonchev–Trinajstić information content (AvgIpc) is 2.14. The Morgan fingerprint density at radius 3 is 2.29 bits per heavy atom. The smallest absolute Gasteiger partial charge is 0.0203 e. The molecule has 1 aliphatic heterocycles. The second-order valence-corrected chi connectivity index (χ2v) is 2.68. The van der Waals surface area contributed by atoms with Crippen LogP contribution in [0.4, 0.5) is 0 Å². The second-order valence-electron chi connectivity index (χ2n) is 1.60. The van der Waals surface area contributed by atoms with Gasteiger partial charge < -0.3 is 0 Å². The Bertz CT molecular complexity index is 72.1. The average molecular weight is 115 g/mol. The van der Waals surface area contributed by atoms with Crippen LogP contribution >= 0.6 is 8.73 Å². The Morgan fingerprint density at radius 1 is 1.43 bits per heavy atom. The van der Waals surface area contributed by atoms with E-state index in [4.69, 9.17) is 0 Å². The fourth-order valence-electron chi connectivity index (χ4n) is 0.661. The Morgan fingerprint density at radius 2 is 2.00 bits per heavy atom. The minimum absolute atomic E-state index is 0.982. The molecule has 1 aliphatic rings. The van der Waals surface area contributed by atoms with Crippen LogP contribution in [0.2, 0.25) is 0 Å². The molecule has 0 spiro atoms. The number of nitrogens with zero attached hydrogens (tertiary/aromatic N) is 1. The van der Waals surface area contributed by atoms with E-state index in [9.17, 15) is 0 Å². The lowest BCUT2D eigenvalue weighted by molar-refractivity contribution is 0.602. The summed E-state index contributed by atoms with van der Waals surface area (Å²) in [4.78, 5) is 0. The van der Waals surface area contributed by atoms with Gasteiger partial charge in [0.05, 0.1) is 0 Å². The van der Waals surface area contributed by atoms with Crippen molar-refractivity contribution in [2.45, 2.75) is 0 Å². The van der Waals surface area contributed by atoms with Gasteiger partial charge in [0.1, 0.15) is 0 Å². The molecule has 0 N–H and O–H groups in total. The molecule has 7 heavy (non-hydrogen) atoms. The van der Waals surface area contributed by atoms with Gasteiger partial charge in [-0.1, -0.05) is 20.9 Å². The molecule has 0 amide bonds. The SMILES string of the molecule is CPN1CC=CC1. The molecule has 0 aromatic carbocycles. The standard InChI is InChI=1S/C5H10NP/c1-7-6-4-2-3-5-6/h2-3,7H,4-5H2,1H3. The molecule has 0 radical (unpaired) electrons. The second kappa shape index (κ2) is 2.44. The molecule has 1 nitrogen and oxygen atoms in total. The summed E-state index contributed by atoms with van der Waals surface area (Å²) in [5, 5.41) is 0. The van der Waals surface area contributed by atoms with Crippen LogP contribution in [0.25, 0.3) is 0 Å². The van der Waals surface area contributed by atoms with Crippen molar-refractivity contribution in [3.05, 3.63) is 12.2 Å². The quantitative estimate of drug-likeness (QED) is 0.365. The van der Waals surface area contributed by atoms with Crippen LogP contribution in [0, 0.1) is 0 Å². The van der Waals surface area contributed by atoms with Crippen molar-refractivity contribution in [1.82, 2.24) is 4.67 Å². The summed E-state index contributed by atoms with van der Waals surface area (Å²) in [6.45, 7) is 4.57. The van der Waals surface area contributed by atoms with E-state index in [1.807, 2.05) is 0 Å². The molecular weight excluding hydrogens is 105 g/mol. The van der Waals surface area contributed by atoms with Crippen molar-refractivity contribution in [2.24, 2.45) is 0 Å². The maximum atomic E-state index is 2.40. The van der Waals surface area contributed by atoms with Gasteiger partial charge in [-0.25, -0.2) is 0 Å². The summed E-state index contributed by atoms with van der Waals surface area (Å²) in [5.74, 6) is 0. The van der Waals surface area contributed by atoms with E-state index in [0.29, 0.717) is 0 Å². The van der Waals surface area contributed by atoms with E-state index in [1.54, 1.807) is 0 Å². The van der Waals surface area contributed by atoms with Gasteiger partial charge >= 0.3 is 0 Å². The topological polar surface area (TPSA) is 3.24 Å². The zero-order valence-electron chi connectivity index (χ0n) is 4.52. The number of hydrogen-bond donors (Lipinski definition) is 0. The summed E-state index contributed by atoms with van der Waals surface area (Å²) in [6.07, 6.45) is 4.44. The summed E-state index contributed by atoms with van der Waals surface area (Å²) < 4.78 is 2.40. The summed E-state index contributed by atoms with van der Waals surface area (Å²) in [6, 6.07) is 0. The van der Waals surface area contributed by atoms with Crippen LogP contribution < -0.4 is 0 Å². The van der Waals surface area contributed by atoms with E-state index >= 15 is 0 Å². The van der Waals surface area contributed by atoms with Crippen LogP contribution in [-0.2, 0) is 0 Å². The fraction of sp³-hybridized carbons (Fsp3) is 0.600. The lowest BCUT2D eigenvalue weighted by atomic mass is 10.6. The van der Waals surface area contributed by atoms with E-state index in [2.05, 4.69) is 23.5 Å². The molecule has 0 saturated heterocycles. The van der Waals surface area contributed by atoms with Gasteiger partial charge in [-0.15, -0.1) is 0 Å². The number of hydrogen-bond acceptors (Lipinski definition) is 1. The third kappa shape index (κ3) is 1.25.